The first-order chi connectivity index (χ1) is 14.2. The Kier molecular flexibility index (Phi) is 6.25. The molecule has 0 amide bonds. The Morgan fingerprint density at radius 3 is 1.43 bits per heavy atom. The van der Waals surface area contributed by atoms with Crippen LogP contribution in [0.1, 0.15) is 104 Å². The fraction of sp³-hybridized carbons (Fsp3) is 0.923. The molecule has 8 atom stereocenters. The Morgan fingerprint density at radius 2 is 1.10 bits per heavy atom. The van der Waals surface area contributed by atoms with Gasteiger partial charge >= 0.3 is 11.9 Å². The molecule has 0 aromatic heterocycles. The monoisotopic (exact) mass is 418 g/mol. The lowest BCUT2D eigenvalue weighted by molar-refractivity contribution is -0.143. The SMILES string of the molecule is CC12CCC(C1)C1CCCC12.CC12CCC(C1)C1CCCC12.O=C(O)CCC(=O)O. The van der Waals surface area contributed by atoms with E-state index in [1.807, 2.05) is 0 Å². The van der Waals surface area contributed by atoms with Crippen LogP contribution in [0.3, 0.4) is 0 Å². The van der Waals surface area contributed by atoms with Crippen molar-refractivity contribution in [3.8, 4) is 0 Å². The van der Waals surface area contributed by atoms with Gasteiger partial charge in [-0.1, -0.05) is 26.7 Å². The number of carboxylic acids is 2. The number of aliphatic carboxylic acids is 2. The molecule has 4 nitrogen and oxygen atoms in total. The fourth-order valence-electron chi connectivity index (χ4n) is 9.09. The van der Waals surface area contributed by atoms with Gasteiger partial charge in [-0.05, 0) is 111 Å². The lowest BCUT2D eigenvalue weighted by atomic mass is 9.73. The molecule has 170 valence electrons. The van der Waals surface area contributed by atoms with Crippen molar-refractivity contribution in [1.82, 2.24) is 0 Å². The van der Waals surface area contributed by atoms with Crippen LogP contribution >= 0.6 is 0 Å². The Hall–Kier alpha value is -1.06. The van der Waals surface area contributed by atoms with E-state index in [2.05, 4.69) is 13.8 Å². The zero-order valence-electron chi connectivity index (χ0n) is 19.1. The van der Waals surface area contributed by atoms with Crippen LogP contribution in [0, 0.1) is 46.3 Å². The Balaban J connectivity index is 0.000000111. The topological polar surface area (TPSA) is 74.6 Å². The van der Waals surface area contributed by atoms with Crippen molar-refractivity contribution in [2.45, 2.75) is 104 Å². The Bertz CT molecular complexity index is 603. The van der Waals surface area contributed by atoms with Crippen LogP contribution < -0.4 is 0 Å². The summed E-state index contributed by atoms with van der Waals surface area (Å²) in [6.45, 7) is 5.12. The highest BCUT2D eigenvalue weighted by Crippen LogP contribution is 2.66. The maximum atomic E-state index is 9.64. The van der Waals surface area contributed by atoms with E-state index in [4.69, 9.17) is 10.2 Å². The van der Waals surface area contributed by atoms with E-state index in [1.54, 1.807) is 77.0 Å². The molecule has 6 saturated carbocycles. The highest BCUT2D eigenvalue weighted by Gasteiger charge is 2.56. The van der Waals surface area contributed by atoms with Gasteiger partial charge in [-0.3, -0.25) is 9.59 Å². The third-order valence-corrected chi connectivity index (χ3v) is 10.3. The zero-order chi connectivity index (χ0) is 21.5. The van der Waals surface area contributed by atoms with Crippen LogP contribution in [0.4, 0.5) is 0 Å². The number of rotatable bonds is 3. The molecule has 4 heteroatoms. The number of hydrogen-bond acceptors (Lipinski definition) is 2. The second kappa shape index (κ2) is 8.47. The van der Waals surface area contributed by atoms with Crippen LogP contribution in [-0.4, -0.2) is 22.2 Å². The summed E-state index contributed by atoms with van der Waals surface area (Å²) in [4.78, 5) is 19.3. The minimum Gasteiger partial charge on any atom is -0.481 e. The van der Waals surface area contributed by atoms with Crippen LogP contribution in [0.2, 0.25) is 0 Å². The molecule has 2 N–H and O–H groups in total. The van der Waals surface area contributed by atoms with Gasteiger partial charge in [-0.2, -0.15) is 0 Å². The number of hydrogen-bond donors (Lipinski definition) is 2. The van der Waals surface area contributed by atoms with E-state index in [9.17, 15) is 9.59 Å². The fourth-order valence-corrected chi connectivity index (χ4v) is 9.09. The Morgan fingerprint density at radius 1 is 0.700 bits per heavy atom. The molecule has 6 fully saturated rings. The van der Waals surface area contributed by atoms with E-state index >= 15 is 0 Å². The van der Waals surface area contributed by atoms with Crippen molar-refractivity contribution in [3.05, 3.63) is 0 Å². The summed E-state index contributed by atoms with van der Waals surface area (Å²) in [6.07, 6.45) is 18.2. The summed E-state index contributed by atoms with van der Waals surface area (Å²) in [6, 6.07) is 0. The van der Waals surface area contributed by atoms with Gasteiger partial charge in [0, 0.05) is 0 Å². The molecule has 0 saturated heterocycles. The van der Waals surface area contributed by atoms with Gasteiger partial charge in [0.2, 0.25) is 0 Å². The van der Waals surface area contributed by atoms with Crippen LogP contribution in [0.5, 0.6) is 0 Å². The molecule has 6 aliphatic carbocycles. The predicted octanol–water partition coefficient (Wildman–Crippen LogP) is 6.38. The molecule has 6 aliphatic rings. The molecule has 30 heavy (non-hydrogen) atoms. The quantitative estimate of drug-likeness (QED) is 0.557. The summed E-state index contributed by atoms with van der Waals surface area (Å²) in [5, 5.41) is 15.8. The normalized spacial score (nSPS) is 46.5. The van der Waals surface area contributed by atoms with Crippen molar-refractivity contribution in [1.29, 1.82) is 0 Å². The summed E-state index contributed by atoms with van der Waals surface area (Å²) in [5.41, 5.74) is 1.62. The minimum atomic E-state index is -1.08. The number of carbonyl (C=O) groups is 2. The Labute approximate surface area is 182 Å². The second-order valence-electron chi connectivity index (χ2n) is 12.0. The second-order valence-corrected chi connectivity index (χ2v) is 12.0. The lowest BCUT2D eigenvalue weighted by Gasteiger charge is -2.32. The van der Waals surface area contributed by atoms with Crippen LogP contribution in [0.15, 0.2) is 0 Å². The number of fused-ring (bicyclic) bond motifs is 10. The first kappa shape index (κ1) is 22.1. The van der Waals surface area contributed by atoms with Crippen molar-refractivity contribution in [2.75, 3.05) is 0 Å². The smallest absolute Gasteiger partial charge is 0.303 e. The molecule has 0 aromatic rings. The lowest BCUT2D eigenvalue weighted by Crippen LogP contribution is -2.24. The molecule has 0 aliphatic heterocycles. The van der Waals surface area contributed by atoms with Gasteiger partial charge in [0.15, 0.2) is 0 Å². The van der Waals surface area contributed by atoms with E-state index in [1.165, 1.54) is 11.8 Å². The van der Waals surface area contributed by atoms with Gasteiger partial charge in [0.1, 0.15) is 0 Å². The van der Waals surface area contributed by atoms with Crippen LogP contribution in [0.25, 0.3) is 0 Å². The molecule has 6 rings (SSSR count). The highest BCUT2D eigenvalue weighted by molar-refractivity contribution is 5.75. The van der Waals surface area contributed by atoms with Gasteiger partial charge in [0.25, 0.3) is 0 Å². The maximum absolute atomic E-state index is 9.64. The predicted molar refractivity (Wildman–Crippen MR) is 117 cm³/mol. The van der Waals surface area contributed by atoms with Gasteiger partial charge in [-0.15, -0.1) is 0 Å². The zero-order valence-corrected chi connectivity index (χ0v) is 19.1. The van der Waals surface area contributed by atoms with Gasteiger partial charge in [-0.25, -0.2) is 0 Å². The van der Waals surface area contributed by atoms with E-state index < -0.39 is 11.9 Å². The first-order valence-corrected chi connectivity index (χ1v) is 12.7. The third kappa shape index (κ3) is 4.17. The standard InChI is InChI=1S/2C11H18.C4H6O4/c2*1-11-6-5-8(7-11)9-3-2-4-10(9)11;5-3(6)1-2-4(7)8/h2*8-10H,2-7H2,1H3;1-2H2,(H,5,6)(H,7,8). The maximum Gasteiger partial charge on any atom is 0.303 e. The van der Waals surface area contributed by atoms with E-state index in [0.29, 0.717) is 0 Å². The summed E-state index contributed by atoms with van der Waals surface area (Å²) < 4.78 is 0. The third-order valence-electron chi connectivity index (χ3n) is 10.3. The summed E-state index contributed by atoms with van der Waals surface area (Å²) in [7, 11) is 0. The largest absolute Gasteiger partial charge is 0.481 e. The molecular formula is C26H42O4. The van der Waals surface area contributed by atoms with E-state index in [0.717, 1.165) is 34.5 Å². The summed E-state index contributed by atoms with van der Waals surface area (Å²) in [5.74, 6) is 4.82. The molecule has 0 aromatic carbocycles. The summed E-state index contributed by atoms with van der Waals surface area (Å²) >= 11 is 0. The van der Waals surface area contributed by atoms with Crippen molar-refractivity contribution >= 4 is 11.9 Å². The molecule has 8 unspecified atom stereocenters. The van der Waals surface area contributed by atoms with Crippen molar-refractivity contribution in [3.63, 3.8) is 0 Å². The molecular weight excluding hydrogens is 376 g/mol. The van der Waals surface area contributed by atoms with Crippen LogP contribution in [-0.2, 0) is 9.59 Å². The number of carboxylic acid groups (broad SMARTS) is 2. The molecule has 0 spiro atoms. The highest BCUT2D eigenvalue weighted by atomic mass is 16.4. The van der Waals surface area contributed by atoms with Gasteiger partial charge in [0.05, 0.1) is 12.8 Å². The van der Waals surface area contributed by atoms with Crippen molar-refractivity contribution in [2.24, 2.45) is 46.3 Å². The molecule has 0 radical (unpaired) electrons. The first-order valence-electron chi connectivity index (χ1n) is 12.7. The minimum absolute atomic E-state index is 0.296. The van der Waals surface area contributed by atoms with E-state index in [-0.39, 0.29) is 12.8 Å². The molecule has 0 heterocycles. The molecule has 4 bridgehead atoms. The average Bonchev–Trinajstić information content (AvgIpc) is 3.46. The van der Waals surface area contributed by atoms with Gasteiger partial charge < -0.3 is 10.2 Å². The van der Waals surface area contributed by atoms with Crippen molar-refractivity contribution < 1.29 is 19.8 Å². The average molecular weight is 419 g/mol.